The van der Waals surface area contributed by atoms with Crippen molar-refractivity contribution in [2.45, 2.75) is 12.5 Å². The van der Waals surface area contributed by atoms with E-state index in [1.165, 1.54) is 18.2 Å². The highest BCUT2D eigenvalue weighted by Gasteiger charge is 2.19. The van der Waals surface area contributed by atoms with Gasteiger partial charge >= 0.3 is 5.97 Å². The molecule has 16 heavy (non-hydrogen) atoms. The number of carbonyl (C=O) groups is 2. The number of rotatable bonds is 4. The van der Waals surface area contributed by atoms with Crippen molar-refractivity contribution in [2.24, 2.45) is 0 Å². The SMILES string of the molecule is O=C(C[C@H](O)C(=O)O)c1cc(Cl)cc(Cl)c1. The van der Waals surface area contributed by atoms with E-state index in [2.05, 4.69) is 0 Å². The Morgan fingerprint density at radius 2 is 1.69 bits per heavy atom. The third-order valence-electron chi connectivity index (χ3n) is 1.85. The van der Waals surface area contributed by atoms with E-state index in [0.717, 1.165) is 0 Å². The number of ketones is 1. The Morgan fingerprint density at radius 3 is 2.12 bits per heavy atom. The summed E-state index contributed by atoms with van der Waals surface area (Å²) in [5, 5.41) is 18.0. The van der Waals surface area contributed by atoms with Crippen LogP contribution in [0.2, 0.25) is 10.0 Å². The van der Waals surface area contributed by atoms with Crippen LogP contribution in [0.3, 0.4) is 0 Å². The predicted octanol–water partition coefficient (Wildman–Crippen LogP) is 2.01. The lowest BCUT2D eigenvalue weighted by Gasteiger charge is -2.05. The maximum absolute atomic E-state index is 11.5. The molecule has 6 heteroatoms. The summed E-state index contributed by atoms with van der Waals surface area (Å²) in [5.41, 5.74) is 0.179. The number of aliphatic hydroxyl groups is 1. The molecule has 0 aliphatic heterocycles. The molecule has 0 aliphatic carbocycles. The summed E-state index contributed by atoms with van der Waals surface area (Å²) < 4.78 is 0. The zero-order valence-electron chi connectivity index (χ0n) is 7.98. The molecule has 0 aromatic heterocycles. The summed E-state index contributed by atoms with van der Waals surface area (Å²) >= 11 is 11.4. The number of Topliss-reactive ketones (excluding diaryl/α,β-unsaturated/α-hetero) is 1. The Bertz CT molecular complexity index is 411. The molecule has 0 saturated heterocycles. The van der Waals surface area contributed by atoms with Crippen molar-refractivity contribution in [1.82, 2.24) is 0 Å². The molecule has 1 aromatic rings. The van der Waals surface area contributed by atoms with Crippen molar-refractivity contribution in [2.75, 3.05) is 0 Å². The van der Waals surface area contributed by atoms with Gasteiger partial charge in [0.2, 0.25) is 0 Å². The molecule has 1 aromatic carbocycles. The maximum Gasteiger partial charge on any atom is 0.332 e. The Morgan fingerprint density at radius 1 is 1.19 bits per heavy atom. The quantitative estimate of drug-likeness (QED) is 0.815. The number of carboxylic acid groups (broad SMARTS) is 1. The Kier molecular flexibility index (Phi) is 4.29. The third-order valence-corrected chi connectivity index (χ3v) is 2.28. The molecule has 1 rings (SSSR count). The molecule has 2 N–H and O–H groups in total. The van der Waals surface area contributed by atoms with Crippen LogP contribution in [0.15, 0.2) is 18.2 Å². The number of aliphatic carboxylic acids is 1. The van der Waals surface area contributed by atoms with Gasteiger partial charge in [0, 0.05) is 22.0 Å². The fourth-order valence-corrected chi connectivity index (χ4v) is 1.62. The second kappa shape index (κ2) is 5.30. The van der Waals surface area contributed by atoms with E-state index >= 15 is 0 Å². The first kappa shape index (κ1) is 13.0. The maximum atomic E-state index is 11.5. The summed E-state index contributed by atoms with van der Waals surface area (Å²) in [6.45, 7) is 0. The first-order valence-corrected chi connectivity index (χ1v) is 5.06. The smallest absolute Gasteiger partial charge is 0.332 e. The van der Waals surface area contributed by atoms with Gasteiger partial charge in [-0.2, -0.15) is 0 Å². The van der Waals surface area contributed by atoms with Crippen molar-refractivity contribution >= 4 is 35.0 Å². The van der Waals surface area contributed by atoms with Crippen molar-refractivity contribution < 1.29 is 19.8 Å². The Labute approximate surface area is 101 Å². The Balaban J connectivity index is 2.84. The normalized spacial score (nSPS) is 12.2. The molecule has 1 atom stereocenters. The molecular formula is C10H8Cl2O4. The van der Waals surface area contributed by atoms with Gasteiger partial charge in [0.15, 0.2) is 11.9 Å². The summed E-state index contributed by atoms with van der Waals surface area (Å²) in [4.78, 5) is 21.9. The van der Waals surface area contributed by atoms with Gasteiger partial charge in [0.25, 0.3) is 0 Å². The lowest BCUT2D eigenvalue weighted by Crippen LogP contribution is -2.23. The van der Waals surface area contributed by atoms with Crippen LogP contribution in [-0.2, 0) is 4.79 Å². The minimum atomic E-state index is -1.72. The molecule has 0 radical (unpaired) electrons. The van der Waals surface area contributed by atoms with Crippen molar-refractivity contribution in [1.29, 1.82) is 0 Å². The standard InChI is InChI=1S/C10H8Cl2O4/c11-6-1-5(2-7(12)3-6)8(13)4-9(14)10(15)16/h1-3,9,14H,4H2,(H,15,16)/t9-/m0/s1. The second-order valence-electron chi connectivity index (χ2n) is 3.14. The first-order valence-electron chi connectivity index (χ1n) is 4.30. The van der Waals surface area contributed by atoms with Crippen LogP contribution in [0.25, 0.3) is 0 Å². The van der Waals surface area contributed by atoms with Gasteiger partial charge in [-0.05, 0) is 18.2 Å². The summed E-state index contributed by atoms with van der Waals surface area (Å²) in [5.74, 6) is -1.97. The topological polar surface area (TPSA) is 74.6 Å². The van der Waals surface area contributed by atoms with Crippen molar-refractivity contribution in [3.05, 3.63) is 33.8 Å². The van der Waals surface area contributed by atoms with E-state index in [1.54, 1.807) is 0 Å². The first-order chi connectivity index (χ1) is 7.40. The van der Waals surface area contributed by atoms with Crippen molar-refractivity contribution in [3.63, 3.8) is 0 Å². The lowest BCUT2D eigenvalue weighted by molar-refractivity contribution is -0.146. The van der Waals surface area contributed by atoms with Crippen LogP contribution in [0.1, 0.15) is 16.8 Å². The van der Waals surface area contributed by atoms with E-state index in [0.29, 0.717) is 0 Å². The minimum absolute atomic E-state index is 0.179. The van der Waals surface area contributed by atoms with Crippen molar-refractivity contribution in [3.8, 4) is 0 Å². The molecule has 86 valence electrons. The monoisotopic (exact) mass is 262 g/mol. The molecule has 0 aliphatic rings. The number of carbonyl (C=O) groups excluding carboxylic acids is 1. The van der Waals surface area contributed by atoms with E-state index in [4.69, 9.17) is 33.4 Å². The molecular weight excluding hydrogens is 255 g/mol. The number of carboxylic acids is 1. The molecule has 0 bridgehead atoms. The zero-order valence-corrected chi connectivity index (χ0v) is 9.50. The van der Waals surface area contributed by atoms with Crippen LogP contribution in [0.4, 0.5) is 0 Å². The van der Waals surface area contributed by atoms with Crippen LogP contribution in [-0.4, -0.2) is 28.1 Å². The van der Waals surface area contributed by atoms with Gasteiger partial charge < -0.3 is 10.2 Å². The van der Waals surface area contributed by atoms with Gasteiger partial charge in [-0.25, -0.2) is 4.79 Å². The third kappa shape index (κ3) is 3.48. The highest BCUT2D eigenvalue weighted by Crippen LogP contribution is 2.20. The largest absolute Gasteiger partial charge is 0.479 e. The van der Waals surface area contributed by atoms with E-state index < -0.39 is 24.3 Å². The summed E-state index contributed by atoms with van der Waals surface area (Å²) in [7, 11) is 0. The lowest BCUT2D eigenvalue weighted by atomic mass is 10.1. The predicted molar refractivity (Wildman–Crippen MR) is 59.1 cm³/mol. The van der Waals surface area contributed by atoms with Gasteiger partial charge in [-0.1, -0.05) is 23.2 Å². The minimum Gasteiger partial charge on any atom is -0.479 e. The molecule has 0 heterocycles. The fourth-order valence-electron chi connectivity index (χ4n) is 1.10. The molecule has 0 saturated carbocycles. The van der Waals surface area contributed by atoms with Crippen LogP contribution >= 0.6 is 23.2 Å². The van der Waals surface area contributed by atoms with E-state index in [-0.39, 0.29) is 15.6 Å². The molecule has 0 spiro atoms. The highest BCUT2D eigenvalue weighted by molar-refractivity contribution is 6.35. The Hall–Kier alpha value is -1.10. The highest BCUT2D eigenvalue weighted by atomic mass is 35.5. The van der Waals surface area contributed by atoms with Crippen LogP contribution in [0, 0.1) is 0 Å². The zero-order chi connectivity index (χ0) is 12.3. The van der Waals surface area contributed by atoms with Gasteiger partial charge in [-0.3, -0.25) is 4.79 Å². The number of halogens is 2. The number of benzene rings is 1. The van der Waals surface area contributed by atoms with Gasteiger partial charge in [-0.15, -0.1) is 0 Å². The van der Waals surface area contributed by atoms with E-state index in [1.807, 2.05) is 0 Å². The molecule has 0 fully saturated rings. The molecule has 4 nitrogen and oxygen atoms in total. The van der Waals surface area contributed by atoms with Gasteiger partial charge in [0.1, 0.15) is 0 Å². The summed E-state index contributed by atoms with van der Waals surface area (Å²) in [6.07, 6.45) is -2.23. The second-order valence-corrected chi connectivity index (χ2v) is 4.01. The van der Waals surface area contributed by atoms with E-state index in [9.17, 15) is 9.59 Å². The summed E-state index contributed by atoms with van der Waals surface area (Å²) in [6, 6.07) is 4.18. The van der Waals surface area contributed by atoms with Crippen LogP contribution in [0.5, 0.6) is 0 Å². The average molecular weight is 263 g/mol. The fraction of sp³-hybridized carbons (Fsp3) is 0.200. The average Bonchev–Trinajstić information content (AvgIpc) is 2.15. The number of hydrogen-bond acceptors (Lipinski definition) is 3. The number of hydrogen-bond donors (Lipinski definition) is 2. The van der Waals surface area contributed by atoms with Crippen LogP contribution < -0.4 is 0 Å². The molecule has 0 unspecified atom stereocenters. The van der Waals surface area contributed by atoms with Gasteiger partial charge in [0.05, 0.1) is 0 Å². The molecule has 0 amide bonds. The number of aliphatic hydroxyl groups excluding tert-OH is 1.